The first-order valence-electron chi connectivity index (χ1n) is 7.67. The maximum Gasteiger partial charge on any atom is 0.269 e. The van der Waals surface area contributed by atoms with Crippen LogP contribution in [0.2, 0.25) is 0 Å². The molecule has 0 aromatic heterocycles. The average Bonchev–Trinajstić information content (AvgIpc) is 3.07. The molecule has 0 unspecified atom stereocenters. The lowest BCUT2D eigenvalue weighted by Gasteiger charge is -2.17. The van der Waals surface area contributed by atoms with E-state index < -0.39 is 14.9 Å². The van der Waals surface area contributed by atoms with E-state index in [1.807, 2.05) is 0 Å². The van der Waals surface area contributed by atoms with E-state index in [4.69, 9.17) is 0 Å². The van der Waals surface area contributed by atoms with Crippen LogP contribution in [-0.4, -0.2) is 36.5 Å². The molecule has 1 aliphatic carbocycles. The maximum atomic E-state index is 12.4. The molecule has 2 fully saturated rings. The van der Waals surface area contributed by atoms with Crippen LogP contribution in [0.15, 0.2) is 24.3 Å². The predicted molar refractivity (Wildman–Crippen MR) is 83.0 cm³/mol. The van der Waals surface area contributed by atoms with Gasteiger partial charge in [0.05, 0.1) is 10.7 Å². The molecule has 1 aromatic carbocycles. The van der Waals surface area contributed by atoms with Crippen molar-refractivity contribution in [3.8, 4) is 0 Å². The Bertz CT molecular complexity index is 645. The predicted octanol–water partition coefficient (Wildman–Crippen LogP) is 2.20. The Labute approximate surface area is 130 Å². The Balaban J connectivity index is 1.59. The molecule has 1 saturated carbocycles. The van der Waals surface area contributed by atoms with Gasteiger partial charge in [-0.25, -0.2) is 12.7 Å². The number of nitrogens with zero attached hydrogens (tertiary/aromatic N) is 2. The Kier molecular flexibility index (Phi) is 4.18. The van der Waals surface area contributed by atoms with Crippen LogP contribution in [0.4, 0.5) is 5.69 Å². The van der Waals surface area contributed by atoms with Crippen LogP contribution >= 0.6 is 0 Å². The normalized spacial score (nSPS) is 25.3. The van der Waals surface area contributed by atoms with Gasteiger partial charge in [-0.05, 0) is 36.7 Å². The summed E-state index contributed by atoms with van der Waals surface area (Å²) >= 11 is 0. The molecular formula is C15H20N2O4S. The lowest BCUT2D eigenvalue weighted by atomic mass is 10.0. The van der Waals surface area contributed by atoms with Crippen molar-refractivity contribution in [3.05, 3.63) is 39.9 Å². The second kappa shape index (κ2) is 5.96. The summed E-state index contributed by atoms with van der Waals surface area (Å²) in [7, 11) is -3.23. The number of nitro benzene ring substituents is 1. The van der Waals surface area contributed by atoms with E-state index in [1.54, 1.807) is 16.4 Å². The van der Waals surface area contributed by atoms with Crippen LogP contribution in [0, 0.1) is 22.0 Å². The van der Waals surface area contributed by atoms with E-state index in [0.717, 1.165) is 18.4 Å². The molecule has 0 N–H and O–H groups in total. The van der Waals surface area contributed by atoms with Crippen LogP contribution in [0.5, 0.6) is 0 Å². The van der Waals surface area contributed by atoms with Crippen molar-refractivity contribution in [2.24, 2.45) is 11.8 Å². The molecule has 2 aliphatic rings. The van der Waals surface area contributed by atoms with Crippen molar-refractivity contribution in [2.75, 3.05) is 18.8 Å². The molecule has 0 amide bonds. The number of rotatable bonds is 5. The molecule has 0 spiro atoms. The largest absolute Gasteiger partial charge is 0.269 e. The highest BCUT2D eigenvalue weighted by Gasteiger charge is 2.40. The second-order valence-corrected chi connectivity index (χ2v) is 8.35. The second-order valence-electron chi connectivity index (χ2n) is 6.26. The van der Waals surface area contributed by atoms with Crippen LogP contribution in [0.1, 0.15) is 24.8 Å². The molecular weight excluding hydrogens is 304 g/mol. The van der Waals surface area contributed by atoms with Crippen LogP contribution < -0.4 is 0 Å². The number of aryl methyl sites for hydroxylation is 1. The lowest BCUT2D eigenvalue weighted by molar-refractivity contribution is -0.384. The number of hydrogen-bond donors (Lipinski definition) is 0. The number of non-ortho nitro benzene ring substituents is 1. The number of fused-ring (bicyclic) bond motifs is 1. The van der Waals surface area contributed by atoms with Gasteiger partial charge in [0.15, 0.2) is 0 Å². The van der Waals surface area contributed by atoms with E-state index in [0.29, 0.717) is 31.3 Å². The highest BCUT2D eigenvalue weighted by molar-refractivity contribution is 7.89. The summed E-state index contributed by atoms with van der Waals surface area (Å²) in [5.74, 6) is 1.17. The van der Waals surface area contributed by atoms with Gasteiger partial charge in [0.25, 0.3) is 5.69 Å². The fourth-order valence-electron chi connectivity index (χ4n) is 3.58. The third kappa shape index (κ3) is 3.15. The zero-order chi connectivity index (χ0) is 15.7. The third-order valence-electron chi connectivity index (χ3n) is 4.88. The average molecular weight is 324 g/mol. The molecule has 22 heavy (non-hydrogen) atoms. The minimum atomic E-state index is -3.23. The van der Waals surface area contributed by atoms with Crippen molar-refractivity contribution < 1.29 is 13.3 Å². The molecule has 120 valence electrons. The third-order valence-corrected chi connectivity index (χ3v) is 6.69. The summed E-state index contributed by atoms with van der Waals surface area (Å²) in [6.45, 7) is 1.35. The van der Waals surface area contributed by atoms with Gasteiger partial charge in [-0.1, -0.05) is 18.6 Å². The highest BCUT2D eigenvalue weighted by atomic mass is 32.2. The summed E-state index contributed by atoms with van der Waals surface area (Å²) in [5.41, 5.74) is 0.840. The SMILES string of the molecule is O=[N+]([O-])c1ccc(CCS(=O)(=O)N2C[C@H]3CCC[C@@H]3C2)cc1. The Morgan fingerprint density at radius 2 is 1.73 bits per heavy atom. The van der Waals surface area contributed by atoms with Crippen molar-refractivity contribution in [1.29, 1.82) is 0 Å². The molecule has 0 radical (unpaired) electrons. The Morgan fingerprint density at radius 3 is 2.27 bits per heavy atom. The van der Waals surface area contributed by atoms with Crippen molar-refractivity contribution in [2.45, 2.75) is 25.7 Å². The minimum absolute atomic E-state index is 0.0268. The van der Waals surface area contributed by atoms with E-state index in [1.165, 1.54) is 18.6 Å². The minimum Gasteiger partial charge on any atom is -0.258 e. The summed E-state index contributed by atoms with van der Waals surface area (Å²) in [6, 6.07) is 6.10. The fraction of sp³-hybridized carbons (Fsp3) is 0.600. The van der Waals surface area contributed by atoms with Crippen molar-refractivity contribution >= 4 is 15.7 Å². The number of nitro groups is 1. The van der Waals surface area contributed by atoms with Gasteiger partial charge in [-0.3, -0.25) is 10.1 Å². The number of sulfonamides is 1. The molecule has 6 nitrogen and oxygen atoms in total. The smallest absolute Gasteiger partial charge is 0.258 e. The van der Waals surface area contributed by atoms with Gasteiger partial charge in [-0.2, -0.15) is 0 Å². The molecule has 1 heterocycles. The lowest BCUT2D eigenvalue weighted by Crippen LogP contribution is -2.32. The number of hydrogen-bond acceptors (Lipinski definition) is 4. The van der Waals surface area contributed by atoms with Gasteiger partial charge in [0.2, 0.25) is 10.0 Å². The quantitative estimate of drug-likeness (QED) is 0.614. The van der Waals surface area contributed by atoms with Gasteiger partial charge in [0, 0.05) is 25.2 Å². The zero-order valence-corrected chi connectivity index (χ0v) is 13.2. The summed E-state index contributed by atoms with van der Waals surface area (Å²) in [5, 5.41) is 10.6. The van der Waals surface area contributed by atoms with Crippen molar-refractivity contribution in [1.82, 2.24) is 4.31 Å². The van der Waals surface area contributed by atoms with Crippen LogP contribution in [0.3, 0.4) is 0 Å². The van der Waals surface area contributed by atoms with Crippen LogP contribution in [-0.2, 0) is 16.4 Å². The van der Waals surface area contributed by atoms with Gasteiger partial charge < -0.3 is 0 Å². The highest BCUT2D eigenvalue weighted by Crippen LogP contribution is 2.38. The standard InChI is InChI=1S/C15H20N2O4S/c18-17(19)15-6-4-12(5-7-15)8-9-22(20,21)16-10-13-2-1-3-14(13)11-16/h4-7,13-14H,1-3,8-11H2/t13-,14-/m1/s1. The Morgan fingerprint density at radius 1 is 1.14 bits per heavy atom. The molecule has 1 aromatic rings. The molecule has 3 rings (SSSR count). The molecule has 0 bridgehead atoms. The van der Waals surface area contributed by atoms with E-state index in [-0.39, 0.29) is 11.4 Å². The summed E-state index contributed by atoms with van der Waals surface area (Å²) < 4.78 is 26.5. The fourth-order valence-corrected chi connectivity index (χ4v) is 5.17. The molecule has 7 heteroatoms. The monoisotopic (exact) mass is 324 g/mol. The van der Waals surface area contributed by atoms with Crippen LogP contribution in [0.25, 0.3) is 0 Å². The van der Waals surface area contributed by atoms with E-state index in [2.05, 4.69) is 0 Å². The Hall–Kier alpha value is -1.47. The first-order chi connectivity index (χ1) is 10.5. The molecule has 2 atom stereocenters. The van der Waals surface area contributed by atoms with Gasteiger partial charge >= 0.3 is 0 Å². The first-order valence-corrected chi connectivity index (χ1v) is 9.28. The zero-order valence-electron chi connectivity index (χ0n) is 12.3. The van der Waals surface area contributed by atoms with Gasteiger partial charge in [-0.15, -0.1) is 0 Å². The number of benzene rings is 1. The molecule has 1 aliphatic heterocycles. The van der Waals surface area contributed by atoms with E-state index >= 15 is 0 Å². The topological polar surface area (TPSA) is 80.5 Å². The summed E-state index contributed by atoms with van der Waals surface area (Å²) in [4.78, 5) is 10.1. The molecule has 1 saturated heterocycles. The first kappa shape index (κ1) is 15.4. The van der Waals surface area contributed by atoms with Gasteiger partial charge in [0.1, 0.15) is 0 Å². The maximum absolute atomic E-state index is 12.4. The van der Waals surface area contributed by atoms with E-state index in [9.17, 15) is 18.5 Å². The summed E-state index contributed by atoms with van der Waals surface area (Å²) in [6.07, 6.45) is 3.93. The van der Waals surface area contributed by atoms with Crippen molar-refractivity contribution in [3.63, 3.8) is 0 Å².